The summed E-state index contributed by atoms with van der Waals surface area (Å²) >= 11 is 1.03. The lowest BCUT2D eigenvalue weighted by Crippen LogP contribution is -2.34. The maximum atomic E-state index is 12.7. The molecule has 2 heterocycles. The van der Waals surface area contributed by atoms with Gasteiger partial charge in [0.2, 0.25) is 10.0 Å². The van der Waals surface area contributed by atoms with Gasteiger partial charge in [0.05, 0.1) is 13.2 Å². The van der Waals surface area contributed by atoms with E-state index in [1.165, 1.54) is 13.2 Å². The number of ether oxygens (including phenoxy) is 1. The number of nitrogens with zero attached hydrogens (tertiary/aromatic N) is 1. The molecule has 144 valence electrons. The highest BCUT2D eigenvalue weighted by Gasteiger charge is 2.27. The van der Waals surface area contributed by atoms with E-state index in [-0.39, 0.29) is 22.4 Å². The van der Waals surface area contributed by atoms with E-state index in [1.54, 1.807) is 5.38 Å². The number of rotatable bonds is 7. The summed E-state index contributed by atoms with van der Waals surface area (Å²) in [6.45, 7) is 0.0889. The zero-order valence-electron chi connectivity index (χ0n) is 15.1. The maximum Gasteiger partial charge on any atom is 0.349 e. The molecular formula is C18H20N2O5S2. The molecule has 9 heteroatoms. The fourth-order valence-corrected chi connectivity index (χ4v) is 5.09. The Labute approximate surface area is 161 Å². The van der Waals surface area contributed by atoms with Crippen LogP contribution in [-0.4, -0.2) is 47.0 Å². The van der Waals surface area contributed by atoms with Crippen LogP contribution in [0.2, 0.25) is 0 Å². The van der Waals surface area contributed by atoms with Gasteiger partial charge in [-0.25, -0.2) is 17.9 Å². The van der Waals surface area contributed by atoms with Gasteiger partial charge in [0.1, 0.15) is 21.1 Å². The Kier molecular flexibility index (Phi) is 5.66. The van der Waals surface area contributed by atoms with Gasteiger partial charge in [0.25, 0.3) is 0 Å². The van der Waals surface area contributed by atoms with E-state index in [0.717, 1.165) is 22.3 Å². The smallest absolute Gasteiger partial charge is 0.349 e. The first-order valence-electron chi connectivity index (χ1n) is 8.14. The van der Waals surface area contributed by atoms with Crippen molar-refractivity contribution in [1.82, 2.24) is 9.62 Å². The standard InChI is InChI=1S/C18H20N2O5S2/c1-20(2)13(15-10-12-6-4-5-7-14(12)25-15)11-19-27(22,23)16-8-9-26-17(16)18(21)24-3/h4-10,13,19H,11H2,1-3H3/t13-/m0/s1. The molecule has 0 aliphatic carbocycles. The Balaban J connectivity index is 1.84. The largest absolute Gasteiger partial charge is 0.465 e. The summed E-state index contributed by atoms with van der Waals surface area (Å²) in [5.74, 6) is -0.0192. The first-order valence-corrected chi connectivity index (χ1v) is 10.5. The van der Waals surface area contributed by atoms with Crippen LogP contribution in [0.3, 0.4) is 0 Å². The van der Waals surface area contributed by atoms with E-state index in [9.17, 15) is 13.2 Å². The Morgan fingerprint density at radius 2 is 2.04 bits per heavy atom. The number of para-hydroxylation sites is 1. The van der Waals surface area contributed by atoms with Gasteiger partial charge < -0.3 is 9.15 Å². The molecule has 0 aliphatic rings. The lowest BCUT2D eigenvalue weighted by Gasteiger charge is -2.22. The summed E-state index contributed by atoms with van der Waals surface area (Å²) in [4.78, 5) is 13.6. The predicted molar refractivity (Wildman–Crippen MR) is 103 cm³/mol. The van der Waals surface area contributed by atoms with Crippen molar-refractivity contribution < 1.29 is 22.4 Å². The van der Waals surface area contributed by atoms with Crippen molar-refractivity contribution in [3.8, 4) is 0 Å². The average Bonchev–Trinajstić information content (AvgIpc) is 3.28. The Bertz CT molecular complexity index is 1020. The van der Waals surface area contributed by atoms with Gasteiger partial charge >= 0.3 is 5.97 Å². The monoisotopic (exact) mass is 408 g/mol. The van der Waals surface area contributed by atoms with E-state index in [4.69, 9.17) is 4.42 Å². The van der Waals surface area contributed by atoms with E-state index in [0.29, 0.717) is 5.76 Å². The number of carbonyl (C=O) groups excluding carboxylic acids is 1. The number of esters is 1. The molecule has 0 unspecified atom stereocenters. The second kappa shape index (κ2) is 7.81. The van der Waals surface area contributed by atoms with E-state index in [1.807, 2.05) is 49.3 Å². The Hall–Kier alpha value is -2.20. The van der Waals surface area contributed by atoms with Crippen LogP contribution < -0.4 is 4.72 Å². The lowest BCUT2D eigenvalue weighted by atomic mass is 10.2. The molecule has 0 bridgehead atoms. The summed E-state index contributed by atoms with van der Waals surface area (Å²) in [5, 5.41) is 2.50. The SMILES string of the molecule is COC(=O)c1sccc1S(=O)(=O)NC[C@@H](c1cc2ccccc2o1)N(C)C. The highest BCUT2D eigenvalue weighted by molar-refractivity contribution is 7.89. The summed E-state index contributed by atoms with van der Waals surface area (Å²) in [5.41, 5.74) is 0.744. The molecule has 0 saturated carbocycles. The topological polar surface area (TPSA) is 88.8 Å². The van der Waals surface area contributed by atoms with Crippen molar-refractivity contribution in [1.29, 1.82) is 0 Å². The molecule has 3 rings (SSSR count). The van der Waals surface area contributed by atoms with Gasteiger partial charge in [-0.2, -0.15) is 0 Å². The molecular weight excluding hydrogens is 388 g/mol. The number of nitrogens with one attached hydrogen (secondary N) is 1. The zero-order valence-corrected chi connectivity index (χ0v) is 16.8. The number of furan rings is 1. The van der Waals surface area contributed by atoms with Crippen LogP contribution in [0.15, 0.2) is 51.1 Å². The van der Waals surface area contributed by atoms with Crippen molar-refractivity contribution in [2.45, 2.75) is 10.9 Å². The number of sulfonamides is 1. The first-order chi connectivity index (χ1) is 12.8. The molecule has 3 aromatic rings. The van der Waals surface area contributed by atoms with Crippen molar-refractivity contribution in [2.75, 3.05) is 27.7 Å². The molecule has 0 fully saturated rings. The third-order valence-electron chi connectivity index (χ3n) is 4.15. The highest BCUT2D eigenvalue weighted by atomic mass is 32.2. The van der Waals surface area contributed by atoms with Crippen LogP contribution >= 0.6 is 11.3 Å². The number of likely N-dealkylation sites (N-methyl/N-ethyl adjacent to an activating group) is 1. The summed E-state index contributed by atoms with van der Waals surface area (Å²) in [7, 11) is 1.03. The van der Waals surface area contributed by atoms with Gasteiger partial charge in [-0.05, 0) is 37.7 Å². The number of fused-ring (bicyclic) bond motifs is 1. The maximum absolute atomic E-state index is 12.7. The summed E-state index contributed by atoms with van der Waals surface area (Å²) in [6.07, 6.45) is 0. The summed E-state index contributed by atoms with van der Waals surface area (Å²) < 4.78 is 38.5. The summed E-state index contributed by atoms with van der Waals surface area (Å²) in [6, 6.07) is 10.6. The van der Waals surface area contributed by atoms with Crippen molar-refractivity contribution >= 4 is 38.3 Å². The molecule has 0 aliphatic heterocycles. The van der Waals surface area contributed by atoms with Crippen LogP contribution in [0.25, 0.3) is 11.0 Å². The molecule has 1 atom stereocenters. The third kappa shape index (κ3) is 4.06. The van der Waals surface area contributed by atoms with Gasteiger partial charge in [-0.15, -0.1) is 11.3 Å². The molecule has 7 nitrogen and oxygen atoms in total. The average molecular weight is 409 g/mol. The molecule has 0 amide bonds. The zero-order chi connectivity index (χ0) is 19.6. The molecule has 2 aromatic heterocycles. The van der Waals surface area contributed by atoms with Crippen molar-refractivity contribution in [3.63, 3.8) is 0 Å². The Morgan fingerprint density at radius 1 is 1.30 bits per heavy atom. The molecule has 27 heavy (non-hydrogen) atoms. The van der Waals surface area contributed by atoms with Gasteiger partial charge in [0.15, 0.2) is 0 Å². The number of methoxy groups -OCH3 is 1. The van der Waals surface area contributed by atoms with Crippen molar-refractivity contribution in [2.24, 2.45) is 0 Å². The number of benzene rings is 1. The third-order valence-corrected chi connectivity index (χ3v) is 6.64. The van der Waals surface area contributed by atoms with Gasteiger partial charge in [-0.3, -0.25) is 4.90 Å². The fourth-order valence-electron chi connectivity index (χ4n) is 2.72. The Morgan fingerprint density at radius 3 is 2.70 bits per heavy atom. The minimum Gasteiger partial charge on any atom is -0.465 e. The van der Waals surface area contributed by atoms with Crippen LogP contribution in [0, 0.1) is 0 Å². The van der Waals surface area contributed by atoms with E-state index in [2.05, 4.69) is 9.46 Å². The van der Waals surface area contributed by atoms with Gasteiger partial charge in [-0.1, -0.05) is 18.2 Å². The minimum absolute atomic E-state index is 0.0511. The minimum atomic E-state index is -3.88. The van der Waals surface area contributed by atoms with Gasteiger partial charge in [0, 0.05) is 11.9 Å². The second-order valence-electron chi connectivity index (χ2n) is 6.12. The van der Waals surface area contributed by atoms with Crippen LogP contribution in [0.5, 0.6) is 0 Å². The van der Waals surface area contributed by atoms with Crippen molar-refractivity contribution in [3.05, 3.63) is 52.4 Å². The predicted octanol–water partition coefficient (Wildman–Crippen LogP) is 2.86. The molecule has 1 aromatic carbocycles. The first kappa shape index (κ1) is 19.6. The van der Waals surface area contributed by atoms with E-state index < -0.39 is 16.0 Å². The lowest BCUT2D eigenvalue weighted by molar-refractivity contribution is 0.0602. The number of carbonyl (C=O) groups is 1. The van der Waals surface area contributed by atoms with Crippen LogP contribution in [0.4, 0.5) is 0 Å². The second-order valence-corrected chi connectivity index (χ2v) is 8.77. The van der Waals surface area contributed by atoms with Crippen LogP contribution in [-0.2, 0) is 14.8 Å². The molecule has 0 spiro atoms. The number of hydrogen-bond acceptors (Lipinski definition) is 7. The van der Waals surface area contributed by atoms with Crippen LogP contribution in [0.1, 0.15) is 21.5 Å². The molecule has 0 radical (unpaired) electrons. The number of hydrogen-bond donors (Lipinski definition) is 1. The highest BCUT2D eigenvalue weighted by Crippen LogP contribution is 2.27. The number of thiophene rings is 1. The molecule has 0 saturated heterocycles. The van der Waals surface area contributed by atoms with E-state index >= 15 is 0 Å². The fraction of sp³-hybridized carbons (Fsp3) is 0.278. The molecule has 1 N–H and O–H groups in total. The normalized spacial score (nSPS) is 13.2. The quantitative estimate of drug-likeness (QED) is 0.605.